The molecule has 0 unspecified atom stereocenters. The quantitative estimate of drug-likeness (QED) is 0.149. The zero-order valence-electron chi connectivity index (χ0n) is 24.7. The average Bonchev–Trinajstić information content (AvgIpc) is 3.42. The Bertz CT molecular complexity index is 1890. The van der Waals surface area contributed by atoms with Crippen LogP contribution in [0.25, 0.3) is 10.9 Å². The second-order valence-electron chi connectivity index (χ2n) is 11.2. The van der Waals surface area contributed by atoms with Crippen LogP contribution in [0, 0.1) is 0 Å². The standard InChI is InChI=1S/C36H31Cl2N3O5/c37-24-14-15-31-27(19-24)34(26-11-4-6-12-28(26)38)46-32(35(43)41(31)21-22-8-2-1-3-9-22)16-17-33(42)40-30(36(44)45)18-23-20-39-29-13-7-5-10-25(23)29/h1-15,19-20,30,32,34,39H,16-18,21H2,(H,40,42)(H,44,45)/t30-,32-,34-/m0/s1. The number of H-pyrrole nitrogens is 1. The Morgan fingerprint density at radius 2 is 1.67 bits per heavy atom. The molecule has 0 saturated heterocycles. The Morgan fingerprint density at radius 3 is 2.46 bits per heavy atom. The average molecular weight is 657 g/mol. The van der Waals surface area contributed by atoms with Crippen LogP contribution in [-0.4, -0.2) is 40.0 Å². The van der Waals surface area contributed by atoms with Gasteiger partial charge in [-0.25, -0.2) is 4.79 Å². The second kappa shape index (κ2) is 13.8. The first kappa shape index (κ1) is 31.4. The van der Waals surface area contributed by atoms with Gasteiger partial charge >= 0.3 is 5.97 Å². The Hall–Kier alpha value is -4.63. The summed E-state index contributed by atoms with van der Waals surface area (Å²) in [7, 11) is 0. The molecule has 8 nitrogen and oxygen atoms in total. The fourth-order valence-electron chi connectivity index (χ4n) is 5.87. The third-order valence-electron chi connectivity index (χ3n) is 8.14. The predicted octanol–water partition coefficient (Wildman–Crippen LogP) is 7.09. The van der Waals surface area contributed by atoms with Crippen LogP contribution in [0.3, 0.4) is 0 Å². The predicted molar refractivity (Wildman–Crippen MR) is 178 cm³/mol. The molecule has 6 rings (SSSR count). The van der Waals surface area contributed by atoms with E-state index < -0.39 is 30.1 Å². The molecule has 0 fully saturated rings. The van der Waals surface area contributed by atoms with Crippen LogP contribution in [0.15, 0.2) is 103 Å². The van der Waals surface area contributed by atoms with E-state index in [-0.39, 0.29) is 31.7 Å². The van der Waals surface area contributed by atoms with Gasteiger partial charge in [-0.3, -0.25) is 9.59 Å². The maximum Gasteiger partial charge on any atom is 0.326 e. The fourth-order valence-corrected chi connectivity index (χ4v) is 6.28. The molecular formula is C36H31Cl2N3O5. The van der Waals surface area contributed by atoms with Gasteiger partial charge in [0.25, 0.3) is 5.91 Å². The van der Waals surface area contributed by atoms with Crippen LogP contribution in [-0.2, 0) is 32.1 Å². The Kier molecular flexibility index (Phi) is 9.40. The van der Waals surface area contributed by atoms with Crippen molar-refractivity contribution in [1.29, 1.82) is 0 Å². The monoisotopic (exact) mass is 655 g/mol. The highest BCUT2D eigenvalue weighted by Crippen LogP contribution is 2.42. The number of carbonyl (C=O) groups is 3. The summed E-state index contributed by atoms with van der Waals surface area (Å²) in [4.78, 5) is 44.4. The molecule has 0 aliphatic carbocycles. The van der Waals surface area contributed by atoms with E-state index in [4.69, 9.17) is 27.9 Å². The molecule has 3 N–H and O–H groups in total. The number of halogens is 2. The summed E-state index contributed by atoms with van der Waals surface area (Å²) in [6, 6.07) is 28.5. The van der Waals surface area contributed by atoms with Gasteiger partial charge in [0.15, 0.2) is 0 Å². The summed E-state index contributed by atoms with van der Waals surface area (Å²) in [6.45, 7) is 0.265. The number of amides is 2. The minimum atomic E-state index is -1.16. The number of aromatic amines is 1. The molecule has 0 bridgehead atoms. The van der Waals surface area contributed by atoms with Crippen LogP contribution in [0.5, 0.6) is 0 Å². The molecular weight excluding hydrogens is 625 g/mol. The van der Waals surface area contributed by atoms with Crippen molar-refractivity contribution in [3.05, 3.63) is 136 Å². The zero-order valence-corrected chi connectivity index (χ0v) is 26.2. The van der Waals surface area contributed by atoms with Gasteiger partial charge in [-0.2, -0.15) is 0 Å². The topological polar surface area (TPSA) is 112 Å². The number of hydrogen-bond donors (Lipinski definition) is 3. The van der Waals surface area contributed by atoms with Crippen molar-refractivity contribution in [1.82, 2.24) is 10.3 Å². The van der Waals surface area contributed by atoms with Crippen molar-refractivity contribution in [2.75, 3.05) is 4.90 Å². The van der Waals surface area contributed by atoms with Crippen LogP contribution < -0.4 is 10.2 Å². The molecule has 1 aromatic heterocycles. The third-order valence-corrected chi connectivity index (χ3v) is 8.72. The number of carbonyl (C=O) groups excluding carboxylic acids is 2. The molecule has 0 radical (unpaired) electrons. The van der Waals surface area contributed by atoms with Gasteiger partial charge in [0.1, 0.15) is 18.2 Å². The van der Waals surface area contributed by atoms with E-state index in [1.54, 1.807) is 35.4 Å². The number of benzene rings is 4. The highest BCUT2D eigenvalue weighted by Gasteiger charge is 2.37. The highest BCUT2D eigenvalue weighted by molar-refractivity contribution is 6.31. The van der Waals surface area contributed by atoms with Crippen molar-refractivity contribution in [3.8, 4) is 0 Å². The first-order valence-corrected chi connectivity index (χ1v) is 15.7. The molecule has 46 heavy (non-hydrogen) atoms. The second-order valence-corrected chi connectivity index (χ2v) is 12.0. The number of nitrogens with one attached hydrogen (secondary N) is 2. The van der Waals surface area contributed by atoms with Crippen molar-refractivity contribution in [3.63, 3.8) is 0 Å². The normalized spacial score (nSPS) is 16.9. The van der Waals surface area contributed by atoms with E-state index in [9.17, 15) is 19.5 Å². The van der Waals surface area contributed by atoms with Crippen LogP contribution in [0.1, 0.15) is 41.2 Å². The van der Waals surface area contributed by atoms with Gasteiger partial charge in [-0.05, 0) is 47.9 Å². The zero-order chi connectivity index (χ0) is 32.2. The van der Waals surface area contributed by atoms with Crippen molar-refractivity contribution in [2.24, 2.45) is 0 Å². The molecule has 0 spiro atoms. The molecule has 4 aromatic carbocycles. The first-order chi connectivity index (χ1) is 22.3. The van der Waals surface area contributed by atoms with Crippen LogP contribution >= 0.6 is 23.2 Å². The largest absolute Gasteiger partial charge is 0.480 e. The molecule has 1 aliphatic rings. The van der Waals surface area contributed by atoms with Gasteiger partial charge in [0.2, 0.25) is 5.91 Å². The van der Waals surface area contributed by atoms with Crippen molar-refractivity contribution >= 4 is 57.6 Å². The number of carboxylic acid groups (broad SMARTS) is 1. The molecule has 10 heteroatoms. The number of aliphatic carboxylic acids is 1. The number of hydrogen-bond acceptors (Lipinski definition) is 4. The minimum absolute atomic E-state index is 0.0120. The fraction of sp³-hybridized carbons (Fsp3) is 0.194. The number of carboxylic acids is 1. The Balaban J connectivity index is 1.27. The van der Waals surface area contributed by atoms with E-state index in [1.165, 1.54) is 0 Å². The molecule has 2 amide bonds. The SMILES string of the molecule is O=C(CC[C@@H]1O[C@@H](c2ccccc2Cl)c2cc(Cl)ccc2N(Cc2ccccc2)C1=O)N[C@@H](Cc1c[nH]c2ccccc12)C(=O)O. The molecule has 234 valence electrons. The summed E-state index contributed by atoms with van der Waals surface area (Å²) in [6.07, 6.45) is -0.0743. The van der Waals surface area contributed by atoms with Crippen molar-refractivity contribution in [2.45, 2.75) is 44.1 Å². The van der Waals surface area contributed by atoms with E-state index in [2.05, 4.69) is 10.3 Å². The van der Waals surface area contributed by atoms with Gasteiger partial charge in [0, 0.05) is 51.1 Å². The number of aromatic nitrogens is 1. The number of para-hydroxylation sites is 1. The van der Waals surface area contributed by atoms with E-state index >= 15 is 0 Å². The van der Waals surface area contributed by atoms with E-state index in [0.29, 0.717) is 26.9 Å². The summed E-state index contributed by atoms with van der Waals surface area (Å²) < 4.78 is 6.54. The first-order valence-electron chi connectivity index (χ1n) is 14.9. The van der Waals surface area contributed by atoms with Gasteiger partial charge in [-0.15, -0.1) is 0 Å². The van der Waals surface area contributed by atoms with Crippen LogP contribution in [0.4, 0.5) is 5.69 Å². The highest BCUT2D eigenvalue weighted by atomic mass is 35.5. The Labute approximate surface area is 275 Å². The Morgan fingerprint density at radius 1 is 0.935 bits per heavy atom. The molecule has 0 saturated carbocycles. The molecule has 5 aromatic rings. The van der Waals surface area contributed by atoms with E-state index in [1.807, 2.05) is 72.8 Å². The number of nitrogens with zero attached hydrogens (tertiary/aromatic N) is 1. The van der Waals surface area contributed by atoms with Crippen molar-refractivity contribution < 1.29 is 24.2 Å². The van der Waals surface area contributed by atoms with Gasteiger partial charge in [0.05, 0.1) is 12.2 Å². The number of anilines is 1. The minimum Gasteiger partial charge on any atom is -0.480 e. The number of rotatable bonds is 10. The smallest absolute Gasteiger partial charge is 0.326 e. The van der Waals surface area contributed by atoms with E-state index in [0.717, 1.165) is 22.0 Å². The maximum absolute atomic E-state index is 14.2. The number of ether oxygens (including phenoxy) is 1. The summed E-state index contributed by atoms with van der Waals surface area (Å²) in [5.74, 6) is -1.98. The lowest BCUT2D eigenvalue weighted by Crippen LogP contribution is -2.43. The van der Waals surface area contributed by atoms with Gasteiger partial charge < -0.3 is 25.0 Å². The summed E-state index contributed by atoms with van der Waals surface area (Å²) in [5.41, 5.74) is 4.52. The lowest BCUT2D eigenvalue weighted by Gasteiger charge is -2.25. The van der Waals surface area contributed by atoms with Crippen LogP contribution in [0.2, 0.25) is 10.0 Å². The molecule has 2 heterocycles. The maximum atomic E-state index is 14.2. The summed E-state index contributed by atoms with van der Waals surface area (Å²) in [5, 5.41) is 14.4. The third kappa shape index (κ3) is 6.79. The lowest BCUT2D eigenvalue weighted by molar-refractivity contribution is -0.142. The molecule has 1 aliphatic heterocycles. The van der Waals surface area contributed by atoms with Gasteiger partial charge in [-0.1, -0.05) is 89.9 Å². The number of fused-ring (bicyclic) bond motifs is 2. The molecule has 3 atom stereocenters. The summed E-state index contributed by atoms with van der Waals surface area (Å²) >= 11 is 13.1. The lowest BCUT2D eigenvalue weighted by atomic mass is 9.99.